The molecule has 2 heterocycles. The molecular formula is C18H13ClF3N5O2. The second kappa shape index (κ2) is 8.39. The van der Waals surface area contributed by atoms with Gasteiger partial charge in [0.25, 0.3) is 17.9 Å². The monoisotopic (exact) mass is 423 g/mol. The van der Waals surface area contributed by atoms with Crippen LogP contribution < -0.4 is 10.9 Å². The zero-order valence-corrected chi connectivity index (χ0v) is 15.6. The number of aromatic nitrogens is 4. The van der Waals surface area contributed by atoms with Crippen molar-refractivity contribution in [2.75, 3.05) is 0 Å². The molecule has 3 aromatic rings. The molecule has 0 aliphatic rings. The Morgan fingerprint density at radius 3 is 2.62 bits per heavy atom. The summed E-state index contributed by atoms with van der Waals surface area (Å²) in [7, 11) is 0. The number of halogens is 4. The van der Waals surface area contributed by atoms with Crippen LogP contribution in [-0.2, 0) is 0 Å². The fourth-order valence-electron chi connectivity index (χ4n) is 2.58. The lowest BCUT2D eigenvalue weighted by Gasteiger charge is -2.16. The van der Waals surface area contributed by atoms with Gasteiger partial charge in [0.1, 0.15) is 11.5 Å². The quantitative estimate of drug-likeness (QED) is 0.680. The number of nitrogens with one attached hydrogen (secondary N) is 1. The fourth-order valence-corrected chi connectivity index (χ4v) is 2.74. The Bertz CT molecular complexity index is 1120. The van der Waals surface area contributed by atoms with E-state index in [0.717, 1.165) is 16.8 Å². The predicted octanol–water partition coefficient (Wildman–Crippen LogP) is 3.24. The topological polar surface area (TPSA) is 89.8 Å². The Hall–Kier alpha value is -3.27. The van der Waals surface area contributed by atoms with Crippen molar-refractivity contribution >= 4 is 17.5 Å². The van der Waals surface area contributed by atoms with E-state index in [0.29, 0.717) is 0 Å². The molecule has 0 radical (unpaired) electrons. The summed E-state index contributed by atoms with van der Waals surface area (Å²) in [4.78, 5) is 24.6. The van der Waals surface area contributed by atoms with Gasteiger partial charge in [0.05, 0.1) is 23.5 Å². The number of hydrogen-bond acceptors (Lipinski definition) is 5. The third-order valence-corrected chi connectivity index (χ3v) is 4.18. The third-order valence-electron chi connectivity index (χ3n) is 4.00. The van der Waals surface area contributed by atoms with Gasteiger partial charge in [0, 0.05) is 17.7 Å². The summed E-state index contributed by atoms with van der Waals surface area (Å²) in [6.07, 6.45) is -1.75. The van der Waals surface area contributed by atoms with E-state index < -0.39 is 35.3 Å². The SMILES string of the molecule is C[C@@H](NC(=O)c1ccc(=O)n(-c2cnnc(Cl)c2)n1)c1cccc(C(F)F)c1F. The smallest absolute Gasteiger partial charge is 0.272 e. The maximum Gasteiger partial charge on any atom is 0.272 e. The Morgan fingerprint density at radius 1 is 1.21 bits per heavy atom. The van der Waals surface area contributed by atoms with Gasteiger partial charge in [-0.05, 0) is 13.0 Å². The first kappa shape index (κ1) is 20.5. The third kappa shape index (κ3) is 4.43. The first-order chi connectivity index (χ1) is 13.8. The molecule has 0 saturated carbocycles. The lowest BCUT2D eigenvalue weighted by atomic mass is 10.0. The minimum Gasteiger partial charge on any atom is -0.344 e. The van der Waals surface area contributed by atoms with Crippen molar-refractivity contribution in [3.8, 4) is 5.69 Å². The van der Waals surface area contributed by atoms with Crippen molar-refractivity contribution in [3.63, 3.8) is 0 Å². The average Bonchev–Trinajstić information content (AvgIpc) is 2.68. The lowest BCUT2D eigenvalue weighted by Crippen LogP contribution is -2.31. The molecule has 7 nitrogen and oxygen atoms in total. The molecule has 0 spiro atoms. The van der Waals surface area contributed by atoms with E-state index in [9.17, 15) is 22.8 Å². The van der Waals surface area contributed by atoms with Crippen molar-refractivity contribution in [1.29, 1.82) is 0 Å². The predicted molar refractivity (Wildman–Crippen MR) is 97.7 cm³/mol. The molecule has 0 unspecified atom stereocenters. The van der Waals surface area contributed by atoms with Crippen LogP contribution in [0.2, 0.25) is 5.15 Å². The van der Waals surface area contributed by atoms with Gasteiger partial charge in [-0.25, -0.2) is 13.2 Å². The number of amides is 1. The van der Waals surface area contributed by atoms with Crippen LogP contribution in [0.5, 0.6) is 0 Å². The van der Waals surface area contributed by atoms with Gasteiger partial charge in [0.2, 0.25) is 0 Å². The Morgan fingerprint density at radius 2 is 1.93 bits per heavy atom. The van der Waals surface area contributed by atoms with Crippen molar-refractivity contribution in [1.82, 2.24) is 25.3 Å². The van der Waals surface area contributed by atoms with Crippen LogP contribution in [0.4, 0.5) is 13.2 Å². The Kier molecular flexibility index (Phi) is 5.92. The summed E-state index contributed by atoms with van der Waals surface area (Å²) in [6, 6.07) is 6.25. The van der Waals surface area contributed by atoms with E-state index in [1.54, 1.807) is 0 Å². The van der Waals surface area contributed by atoms with Gasteiger partial charge in [-0.2, -0.15) is 14.9 Å². The number of carbonyl (C=O) groups excluding carboxylic acids is 1. The van der Waals surface area contributed by atoms with Crippen LogP contribution in [-0.4, -0.2) is 25.9 Å². The van der Waals surface area contributed by atoms with Crippen molar-refractivity contribution < 1.29 is 18.0 Å². The van der Waals surface area contributed by atoms with Crippen LogP contribution in [0.3, 0.4) is 0 Å². The van der Waals surface area contributed by atoms with Crippen molar-refractivity contribution in [2.45, 2.75) is 19.4 Å². The maximum absolute atomic E-state index is 14.3. The van der Waals surface area contributed by atoms with Gasteiger partial charge in [-0.3, -0.25) is 9.59 Å². The van der Waals surface area contributed by atoms with Crippen LogP contribution in [0, 0.1) is 5.82 Å². The molecule has 2 aromatic heterocycles. The molecule has 0 aliphatic carbocycles. The number of nitrogens with zero attached hydrogens (tertiary/aromatic N) is 4. The molecule has 0 aliphatic heterocycles. The number of alkyl halides is 2. The maximum atomic E-state index is 14.3. The number of rotatable bonds is 5. The van der Waals surface area contributed by atoms with Crippen LogP contribution in [0.1, 0.15) is 41.0 Å². The molecule has 1 aromatic carbocycles. The molecular weight excluding hydrogens is 411 g/mol. The van der Waals surface area contributed by atoms with E-state index in [4.69, 9.17) is 11.6 Å². The lowest BCUT2D eigenvalue weighted by molar-refractivity contribution is 0.0932. The van der Waals surface area contributed by atoms with Crippen LogP contribution >= 0.6 is 11.6 Å². The summed E-state index contributed by atoms with van der Waals surface area (Å²) in [5, 5.41) is 13.6. The second-order valence-electron chi connectivity index (χ2n) is 5.95. The molecule has 0 bridgehead atoms. The Labute approximate surface area is 167 Å². The second-order valence-corrected chi connectivity index (χ2v) is 6.34. The summed E-state index contributed by atoms with van der Waals surface area (Å²) in [5.74, 6) is -1.83. The van der Waals surface area contributed by atoms with Crippen LogP contribution in [0.25, 0.3) is 5.69 Å². The van der Waals surface area contributed by atoms with E-state index in [1.807, 2.05) is 0 Å². The highest BCUT2D eigenvalue weighted by Crippen LogP contribution is 2.27. The molecule has 0 saturated heterocycles. The molecule has 1 atom stereocenters. The zero-order chi connectivity index (χ0) is 21.1. The fraction of sp³-hybridized carbons (Fsp3) is 0.167. The molecule has 1 N–H and O–H groups in total. The minimum absolute atomic E-state index is 0.0223. The number of carbonyl (C=O) groups is 1. The standard InChI is InChI=1S/C18H13ClF3N5O2/c1-9(11-3-2-4-12(16(11)20)17(21)22)24-18(29)13-5-6-15(28)27(26-13)10-7-14(19)25-23-8-10/h2-9,17H,1H3,(H,24,29)/t9-/m1/s1. The van der Waals surface area contributed by atoms with E-state index >= 15 is 0 Å². The summed E-state index contributed by atoms with van der Waals surface area (Å²) >= 11 is 5.75. The Balaban J connectivity index is 1.87. The summed E-state index contributed by atoms with van der Waals surface area (Å²) in [5.41, 5.74) is -1.37. The number of benzene rings is 1. The highest BCUT2D eigenvalue weighted by molar-refractivity contribution is 6.29. The van der Waals surface area contributed by atoms with Gasteiger partial charge in [-0.1, -0.05) is 29.8 Å². The molecule has 150 valence electrons. The van der Waals surface area contributed by atoms with Gasteiger partial charge in [0.15, 0.2) is 5.15 Å². The van der Waals surface area contributed by atoms with E-state index in [1.165, 1.54) is 37.4 Å². The normalized spacial score (nSPS) is 12.1. The molecule has 29 heavy (non-hydrogen) atoms. The molecule has 1 amide bonds. The van der Waals surface area contributed by atoms with Crippen molar-refractivity contribution in [2.24, 2.45) is 0 Å². The molecule has 3 rings (SSSR count). The van der Waals surface area contributed by atoms with Gasteiger partial charge < -0.3 is 5.32 Å². The summed E-state index contributed by atoms with van der Waals surface area (Å²) in [6.45, 7) is 1.44. The average molecular weight is 424 g/mol. The van der Waals surface area contributed by atoms with E-state index in [2.05, 4.69) is 20.6 Å². The van der Waals surface area contributed by atoms with Crippen molar-refractivity contribution in [3.05, 3.63) is 80.7 Å². The zero-order valence-electron chi connectivity index (χ0n) is 14.8. The number of hydrogen-bond donors (Lipinski definition) is 1. The first-order valence-corrected chi connectivity index (χ1v) is 8.62. The van der Waals surface area contributed by atoms with Crippen LogP contribution in [0.15, 0.2) is 47.4 Å². The first-order valence-electron chi connectivity index (χ1n) is 8.24. The largest absolute Gasteiger partial charge is 0.344 e. The van der Waals surface area contributed by atoms with E-state index in [-0.39, 0.29) is 22.1 Å². The molecule has 0 fully saturated rings. The minimum atomic E-state index is -2.98. The van der Waals surface area contributed by atoms with Gasteiger partial charge in [-0.15, -0.1) is 5.10 Å². The van der Waals surface area contributed by atoms with Gasteiger partial charge >= 0.3 is 0 Å². The summed E-state index contributed by atoms with van der Waals surface area (Å²) < 4.78 is 40.9. The highest BCUT2D eigenvalue weighted by atomic mass is 35.5. The molecule has 11 heteroatoms. The highest BCUT2D eigenvalue weighted by Gasteiger charge is 2.21.